The molecule has 0 aromatic rings. The molecule has 72 valence electrons. The van der Waals surface area contributed by atoms with Gasteiger partial charge in [-0.3, -0.25) is 0 Å². The Labute approximate surface area is 71.9 Å². The predicted molar refractivity (Wildman–Crippen MR) is 47.2 cm³/mol. The lowest BCUT2D eigenvalue weighted by molar-refractivity contribution is 0.462. The van der Waals surface area contributed by atoms with Crippen molar-refractivity contribution in [3.05, 3.63) is 12.2 Å². The third kappa shape index (κ3) is 9.59. The molecule has 0 aromatic heterocycles. The lowest BCUT2D eigenvalue weighted by Gasteiger charge is -2.11. The molecule has 0 aliphatic heterocycles. The van der Waals surface area contributed by atoms with E-state index in [-0.39, 0.29) is 6.42 Å². The minimum absolute atomic E-state index is 0.275. The van der Waals surface area contributed by atoms with Gasteiger partial charge in [-0.2, -0.15) is 0 Å². The van der Waals surface area contributed by atoms with E-state index < -0.39 is 13.3 Å². The Morgan fingerprint density at radius 2 is 1.75 bits per heavy atom. The minimum Gasteiger partial charge on any atom is -0.449 e. The second-order valence-corrected chi connectivity index (χ2v) is 2.87. The Morgan fingerprint density at radius 3 is 2.25 bits per heavy atom. The molecule has 0 unspecified atom stereocenters. The van der Waals surface area contributed by atoms with Gasteiger partial charge < -0.3 is 12.9 Å². The molecular formula is C8H15BF3-. The largest absolute Gasteiger partial charge is 0.478 e. The molecule has 0 nitrogen and oxygen atoms in total. The first kappa shape index (κ1) is 11.6. The highest BCUT2D eigenvalue weighted by atomic mass is 19.4. The van der Waals surface area contributed by atoms with Crippen molar-refractivity contribution >= 4 is 6.98 Å². The van der Waals surface area contributed by atoms with Gasteiger partial charge in [0.2, 0.25) is 0 Å². The van der Waals surface area contributed by atoms with Gasteiger partial charge in [0.15, 0.2) is 0 Å². The van der Waals surface area contributed by atoms with E-state index >= 15 is 0 Å². The van der Waals surface area contributed by atoms with Crippen molar-refractivity contribution in [2.45, 2.75) is 38.9 Å². The number of rotatable bonds is 6. The van der Waals surface area contributed by atoms with E-state index in [4.69, 9.17) is 0 Å². The fourth-order valence-corrected chi connectivity index (χ4v) is 0.922. The molecule has 0 heterocycles. The van der Waals surface area contributed by atoms with Crippen LogP contribution in [0.5, 0.6) is 0 Å². The van der Waals surface area contributed by atoms with Crippen molar-refractivity contribution in [3.8, 4) is 0 Å². The van der Waals surface area contributed by atoms with Crippen LogP contribution in [0.2, 0.25) is 6.32 Å². The fraction of sp³-hybridized carbons (Fsp3) is 0.750. The smallest absolute Gasteiger partial charge is 0.449 e. The second kappa shape index (κ2) is 6.15. The molecule has 0 aliphatic rings. The normalized spacial score (nSPS) is 12.7. The molecule has 0 radical (unpaired) electrons. The topological polar surface area (TPSA) is 0 Å². The van der Waals surface area contributed by atoms with Gasteiger partial charge in [-0.15, -0.1) is 0 Å². The van der Waals surface area contributed by atoms with Gasteiger partial charge in [0, 0.05) is 0 Å². The Balaban J connectivity index is 3.17. The van der Waals surface area contributed by atoms with E-state index in [1.165, 1.54) is 0 Å². The summed E-state index contributed by atoms with van der Waals surface area (Å²) in [5, 5.41) is 0. The highest BCUT2D eigenvalue weighted by molar-refractivity contribution is 6.58. The van der Waals surface area contributed by atoms with Crippen LogP contribution in [0.15, 0.2) is 12.2 Å². The lowest BCUT2D eigenvalue weighted by atomic mass is 9.83. The summed E-state index contributed by atoms with van der Waals surface area (Å²) in [6, 6.07) is 0. The number of hydrogen-bond acceptors (Lipinski definition) is 0. The molecule has 0 aromatic carbocycles. The van der Waals surface area contributed by atoms with Crippen LogP contribution in [0.25, 0.3) is 0 Å². The first-order chi connectivity index (χ1) is 5.56. The van der Waals surface area contributed by atoms with Crippen molar-refractivity contribution in [2.24, 2.45) is 0 Å². The van der Waals surface area contributed by atoms with Crippen molar-refractivity contribution < 1.29 is 12.9 Å². The van der Waals surface area contributed by atoms with Gasteiger partial charge in [-0.05, 0) is 12.8 Å². The Bertz CT molecular complexity index is 129. The summed E-state index contributed by atoms with van der Waals surface area (Å²) in [5.41, 5.74) is 0. The van der Waals surface area contributed by atoms with Crippen molar-refractivity contribution in [2.75, 3.05) is 0 Å². The van der Waals surface area contributed by atoms with Gasteiger partial charge in [0.05, 0.1) is 0 Å². The van der Waals surface area contributed by atoms with E-state index in [1.54, 1.807) is 0 Å². The van der Waals surface area contributed by atoms with E-state index in [9.17, 15) is 12.9 Å². The van der Waals surface area contributed by atoms with Gasteiger partial charge in [0.1, 0.15) is 0 Å². The molecule has 0 spiro atoms. The first-order valence-electron chi connectivity index (χ1n) is 4.42. The van der Waals surface area contributed by atoms with Gasteiger partial charge in [-0.1, -0.05) is 38.2 Å². The summed E-state index contributed by atoms with van der Waals surface area (Å²) >= 11 is 0. The Kier molecular flexibility index (Phi) is 5.94. The molecule has 0 saturated heterocycles. The third-order valence-corrected chi connectivity index (χ3v) is 1.55. The lowest BCUT2D eigenvalue weighted by Crippen LogP contribution is -2.13. The van der Waals surface area contributed by atoms with E-state index in [1.807, 2.05) is 19.1 Å². The highest BCUT2D eigenvalue weighted by Gasteiger charge is 2.20. The number of unbranched alkanes of at least 4 members (excludes halogenated alkanes) is 2. The molecule has 12 heavy (non-hydrogen) atoms. The zero-order valence-electron chi connectivity index (χ0n) is 7.40. The first-order valence-corrected chi connectivity index (χ1v) is 4.42. The maximum atomic E-state index is 11.7. The molecule has 0 fully saturated rings. The number of hydrogen-bond donors (Lipinski definition) is 0. The minimum atomic E-state index is -4.55. The van der Waals surface area contributed by atoms with Crippen LogP contribution >= 0.6 is 0 Å². The zero-order chi connectivity index (χ0) is 9.45. The number of halogens is 3. The quantitative estimate of drug-likeness (QED) is 0.328. The maximum Gasteiger partial charge on any atom is 0.478 e. The molecule has 0 bridgehead atoms. The standard InChI is InChI=1S/C8H15BF3/c1-2-3-4-5-6-7-8-9(10,11)12/h3-4H,2,5-8H2,1H3/q-1/b4-3-. The van der Waals surface area contributed by atoms with Gasteiger partial charge >= 0.3 is 6.98 Å². The molecule has 0 rings (SSSR count). The molecule has 0 atom stereocenters. The zero-order valence-corrected chi connectivity index (χ0v) is 7.40. The van der Waals surface area contributed by atoms with Crippen LogP contribution in [-0.4, -0.2) is 6.98 Å². The molecule has 0 saturated carbocycles. The Hall–Kier alpha value is -0.405. The average molecular weight is 179 g/mol. The Morgan fingerprint density at radius 1 is 1.08 bits per heavy atom. The molecular weight excluding hydrogens is 164 g/mol. The summed E-state index contributed by atoms with van der Waals surface area (Å²) < 4.78 is 35.0. The van der Waals surface area contributed by atoms with Gasteiger partial charge in [-0.25, -0.2) is 0 Å². The van der Waals surface area contributed by atoms with Gasteiger partial charge in [0.25, 0.3) is 0 Å². The SMILES string of the molecule is CC/C=C\CCCC[B-](F)(F)F. The third-order valence-electron chi connectivity index (χ3n) is 1.55. The fourth-order valence-electron chi connectivity index (χ4n) is 0.922. The summed E-state index contributed by atoms with van der Waals surface area (Å²) in [5.74, 6) is 0. The van der Waals surface area contributed by atoms with E-state index in [0.29, 0.717) is 6.42 Å². The van der Waals surface area contributed by atoms with Crippen LogP contribution in [-0.2, 0) is 0 Å². The monoisotopic (exact) mass is 179 g/mol. The second-order valence-electron chi connectivity index (χ2n) is 2.87. The van der Waals surface area contributed by atoms with Crippen LogP contribution in [0.3, 0.4) is 0 Å². The van der Waals surface area contributed by atoms with Crippen LogP contribution < -0.4 is 0 Å². The van der Waals surface area contributed by atoms with Crippen LogP contribution in [0.1, 0.15) is 32.6 Å². The van der Waals surface area contributed by atoms with Crippen LogP contribution in [0, 0.1) is 0 Å². The number of allylic oxidation sites excluding steroid dienone is 2. The van der Waals surface area contributed by atoms with Crippen LogP contribution in [0.4, 0.5) is 12.9 Å². The van der Waals surface area contributed by atoms with Crippen molar-refractivity contribution in [1.82, 2.24) is 0 Å². The van der Waals surface area contributed by atoms with E-state index in [2.05, 4.69) is 0 Å². The molecule has 0 N–H and O–H groups in total. The maximum absolute atomic E-state index is 11.7. The van der Waals surface area contributed by atoms with Crippen molar-refractivity contribution in [3.63, 3.8) is 0 Å². The molecule has 0 aliphatic carbocycles. The summed E-state index contributed by atoms with van der Waals surface area (Å²) in [6.07, 6.45) is 6.01. The van der Waals surface area contributed by atoms with Crippen molar-refractivity contribution in [1.29, 1.82) is 0 Å². The predicted octanol–water partition coefficient (Wildman–Crippen LogP) is 3.97. The summed E-state index contributed by atoms with van der Waals surface area (Å²) in [7, 11) is 0. The van der Waals surface area contributed by atoms with E-state index in [0.717, 1.165) is 12.8 Å². The molecule has 4 heteroatoms. The summed E-state index contributed by atoms with van der Waals surface area (Å²) in [4.78, 5) is 0. The molecule has 0 amide bonds. The highest BCUT2D eigenvalue weighted by Crippen LogP contribution is 2.18. The average Bonchev–Trinajstić information content (AvgIpc) is 1.94. The summed E-state index contributed by atoms with van der Waals surface area (Å²) in [6.45, 7) is -2.54.